The van der Waals surface area contributed by atoms with Gasteiger partial charge >= 0.3 is 0 Å². The number of carbonyl (C=O) groups excluding carboxylic acids is 2. The predicted octanol–water partition coefficient (Wildman–Crippen LogP) is 3.04. The van der Waals surface area contributed by atoms with Gasteiger partial charge in [-0.05, 0) is 42.7 Å². The van der Waals surface area contributed by atoms with Crippen LogP contribution >= 0.6 is 15.9 Å². The van der Waals surface area contributed by atoms with Crippen molar-refractivity contribution in [2.45, 2.75) is 19.9 Å². The van der Waals surface area contributed by atoms with Gasteiger partial charge in [0, 0.05) is 29.1 Å². The van der Waals surface area contributed by atoms with E-state index in [1.807, 2.05) is 37.3 Å². The summed E-state index contributed by atoms with van der Waals surface area (Å²) in [6.07, 6.45) is 4.00. The molecule has 2 unspecified atom stereocenters. The van der Waals surface area contributed by atoms with Gasteiger partial charge in [-0.3, -0.25) is 14.6 Å². The Morgan fingerprint density at radius 1 is 1.25 bits per heavy atom. The van der Waals surface area contributed by atoms with E-state index in [0.717, 1.165) is 21.3 Å². The molecule has 3 rings (SSSR count). The zero-order valence-corrected chi connectivity index (χ0v) is 14.8. The van der Waals surface area contributed by atoms with Crippen molar-refractivity contribution < 1.29 is 9.59 Å². The Kier molecular flexibility index (Phi) is 4.94. The molecule has 1 aromatic heterocycles. The molecule has 6 heteroatoms. The van der Waals surface area contributed by atoms with Crippen LogP contribution in [0, 0.1) is 18.8 Å². The van der Waals surface area contributed by atoms with Gasteiger partial charge in [0.2, 0.25) is 11.8 Å². The van der Waals surface area contributed by atoms with Crippen molar-refractivity contribution in [3.8, 4) is 0 Å². The Hall–Kier alpha value is -2.21. The SMILES string of the molecule is Cc1ccc(NC(=O)C2CC2C(=O)NCc2cccnc2)cc1Br. The first-order chi connectivity index (χ1) is 11.5. The number of hydrogen-bond acceptors (Lipinski definition) is 3. The first-order valence-corrected chi connectivity index (χ1v) is 8.57. The molecule has 124 valence electrons. The highest BCUT2D eigenvalue weighted by Crippen LogP contribution is 2.39. The fourth-order valence-electron chi connectivity index (χ4n) is 2.50. The van der Waals surface area contributed by atoms with E-state index in [2.05, 4.69) is 31.5 Å². The molecule has 0 bridgehead atoms. The first kappa shape index (κ1) is 16.6. The maximum Gasteiger partial charge on any atom is 0.228 e. The van der Waals surface area contributed by atoms with Crippen molar-refractivity contribution in [1.82, 2.24) is 10.3 Å². The van der Waals surface area contributed by atoms with E-state index in [1.165, 1.54) is 0 Å². The number of nitrogens with zero attached hydrogens (tertiary/aromatic N) is 1. The quantitative estimate of drug-likeness (QED) is 0.827. The fraction of sp³-hybridized carbons (Fsp3) is 0.278. The zero-order chi connectivity index (χ0) is 17.1. The highest BCUT2D eigenvalue weighted by atomic mass is 79.9. The molecule has 1 fully saturated rings. The first-order valence-electron chi connectivity index (χ1n) is 7.78. The molecule has 1 saturated carbocycles. The van der Waals surface area contributed by atoms with Crippen LogP contribution in [0.4, 0.5) is 5.69 Å². The summed E-state index contributed by atoms with van der Waals surface area (Å²) >= 11 is 3.45. The second-order valence-corrected chi connectivity index (χ2v) is 6.84. The lowest BCUT2D eigenvalue weighted by atomic mass is 10.2. The van der Waals surface area contributed by atoms with Crippen molar-refractivity contribution in [3.05, 3.63) is 58.3 Å². The van der Waals surface area contributed by atoms with Crippen LogP contribution in [-0.2, 0) is 16.1 Å². The second kappa shape index (κ2) is 7.13. The third-order valence-electron chi connectivity index (χ3n) is 4.09. The highest BCUT2D eigenvalue weighted by Gasteiger charge is 2.47. The highest BCUT2D eigenvalue weighted by molar-refractivity contribution is 9.10. The summed E-state index contributed by atoms with van der Waals surface area (Å²) in [5.41, 5.74) is 2.78. The summed E-state index contributed by atoms with van der Waals surface area (Å²) in [7, 11) is 0. The van der Waals surface area contributed by atoms with Crippen LogP contribution in [-0.4, -0.2) is 16.8 Å². The Morgan fingerprint density at radius 3 is 2.75 bits per heavy atom. The van der Waals surface area contributed by atoms with Gasteiger partial charge in [-0.25, -0.2) is 0 Å². The number of amides is 2. The van der Waals surface area contributed by atoms with Gasteiger partial charge < -0.3 is 10.6 Å². The number of rotatable bonds is 5. The molecule has 0 spiro atoms. The van der Waals surface area contributed by atoms with Crippen molar-refractivity contribution >= 4 is 33.4 Å². The number of hydrogen-bond donors (Lipinski definition) is 2. The number of halogens is 1. The van der Waals surface area contributed by atoms with E-state index < -0.39 is 0 Å². The van der Waals surface area contributed by atoms with Gasteiger partial charge in [-0.1, -0.05) is 28.1 Å². The van der Waals surface area contributed by atoms with Crippen molar-refractivity contribution in [3.63, 3.8) is 0 Å². The fourth-order valence-corrected chi connectivity index (χ4v) is 2.88. The molecule has 0 aliphatic heterocycles. The van der Waals surface area contributed by atoms with E-state index in [9.17, 15) is 9.59 Å². The molecule has 1 aliphatic rings. The van der Waals surface area contributed by atoms with Gasteiger partial charge in [0.25, 0.3) is 0 Å². The van der Waals surface area contributed by atoms with Gasteiger partial charge in [0.1, 0.15) is 0 Å². The van der Waals surface area contributed by atoms with Crippen LogP contribution in [0.2, 0.25) is 0 Å². The molecule has 2 atom stereocenters. The summed E-state index contributed by atoms with van der Waals surface area (Å²) in [4.78, 5) is 28.4. The normalized spacial score (nSPS) is 18.8. The number of anilines is 1. The largest absolute Gasteiger partial charge is 0.352 e. The van der Waals surface area contributed by atoms with Crippen LogP contribution < -0.4 is 10.6 Å². The molecule has 0 radical (unpaired) electrons. The summed E-state index contributed by atoms with van der Waals surface area (Å²) in [6.45, 7) is 2.42. The van der Waals surface area contributed by atoms with Crippen LogP contribution in [0.25, 0.3) is 0 Å². The topological polar surface area (TPSA) is 71.1 Å². The molecule has 24 heavy (non-hydrogen) atoms. The summed E-state index contributed by atoms with van der Waals surface area (Å²) in [5.74, 6) is -0.675. The number of benzene rings is 1. The van der Waals surface area contributed by atoms with E-state index in [-0.39, 0.29) is 23.7 Å². The van der Waals surface area contributed by atoms with E-state index in [1.54, 1.807) is 12.4 Å². The maximum absolute atomic E-state index is 12.2. The predicted molar refractivity (Wildman–Crippen MR) is 95.2 cm³/mol. The van der Waals surface area contributed by atoms with E-state index in [4.69, 9.17) is 0 Å². The minimum atomic E-state index is -0.251. The molecular weight excluding hydrogens is 370 g/mol. The van der Waals surface area contributed by atoms with Crippen LogP contribution in [0.15, 0.2) is 47.2 Å². The number of aryl methyl sites for hydroxylation is 1. The molecule has 1 aromatic carbocycles. The number of pyridine rings is 1. The monoisotopic (exact) mass is 387 g/mol. The molecule has 0 saturated heterocycles. The van der Waals surface area contributed by atoms with E-state index in [0.29, 0.717) is 13.0 Å². The third-order valence-corrected chi connectivity index (χ3v) is 4.95. The van der Waals surface area contributed by atoms with Gasteiger partial charge in [-0.2, -0.15) is 0 Å². The van der Waals surface area contributed by atoms with Crippen molar-refractivity contribution in [1.29, 1.82) is 0 Å². The van der Waals surface area contributed by atoms with Gasteiger partial charge in [-0.15, -0.1) is 0 Å². The number of aromatic nitrogens is 1. The molecule has 2 amide bonds. The van der Waals surface area contributed by atoms with Crippen LogP contribution in [0.3, 0.4) is 0 Å². The van der Waals surface area contributed by atoms with Crippen LogP contribution in [0.5, 0.6) is 0 Å². The van der Waals surface area contributed by atoms with Crippen molar-refractivity contribution in [2.24, 2.45) is 11.8 Å². The molecule has 1 aliphatic carbocycles. The number of nitrogens with one attached hydrogen (secondary N) is 2. The molecule has 2 N–H and O–H groups in total. The second-order valence-electron chi connectivity index (χ2n) is 5.98. The average Bonchev–Trinajstić information content (AvgIpc) is 3.38. The molecule has 5 nitrogen and oxygen atoms in total. The minimum Gasteiger partial charge on any atom is -0.352 e. The third kappa shape index (κ3) is 4.00. The van der Waals surface area contributed by atoms with Gasteiger partial charge in [0.05, 0.1) is 11.8 Å². The minimum absolute atomic E-state index is 0.0795. The van der Waals surface area contributed by atoms with E-state index >= 15 is 0 Å². The Bertz CT molecular complexity index is 764. The standard InChI is InChI=1S/C18H18BrN3O2/c1-11-4-5-13(7-16(11)19)22-18(24)15-8-14(15)17(23)21-10-12-3-2-6-20-9-12/h2-7,9,14-15H,8,10H2,1H3,(H,21,23)(H,22,24). The lowest BCUT2D eigenvalue weighted by Gasteiger charge is -2.07. The Labute approximate surface area is 149 Å². The van der Waals surface area contributed by atoms with Gasteiger partial charge in [0.15, 0.2) is 0 Å². The smallest absolute Gasteiger partial charge is 0.228 e. The summed E-state index contributed by atoms with van der Waals surface area (Å²) in [6, 6.07) is 9.39. The lowest BCUT2D eigenvalue weighted by molar-refractivity contribution is -0.125. The molecule has 1 heterocycles. The average molecular weight is 388 g/mol. The Balaban J connectivity index is 1.49. The lowest BCUT2D eigenvalue weighted by Crippen LogP contribution is -2.27. The molecule has 2 aromatic rings. The van der Waals surface area contributed by atoms with Crippen molar-refractivity contribution in [2.75, 3.05) is 5.32 Å². The molecular formula is C18H18BrN3O2. The summed E-state index contributed by atoms with van der Waals surface area (Å²) < 4.78 is 0.946. The maximum atomic E-state index is 12.2. The Morgan fingerprint density at radius 2 is 2.04 bits per heavy atom. The summed E-state index contributed by atoms with van der Waals surface area (Å²) in [5, 5.41) is 5.73. The zero-order valence-electron chi connectivity index (χ0n) is 13.3. The number of carbonyl (C=O) groups is 2. The van der Waals surface area contributed by atoms with Crippen LogP contribution in [0.1, 0.15) is 17.5 Å².